The van der Waals surface area contributed by atoms with Crippen LogP contribution in [-0.2, 0) is 15.9 Å². The van der Waals surface area contributed by atoms with Gasteiger partial charge in [0, 0.05) is 42.0 Å². The lowest BCUT2D eigenvalue weighted by atomic mass is 9.71. The molecule has 0 saturated carbocycles. The minimum atomic E-state index is -2.05. The molecule has 0 bridgehead atoms. The largest absolute Gasteiger partial charge is 0.507 e. The number of rotatable bonds is 5. The monoisotopic (exact) mass is 545 g/mol. The molecule has 39 heavy (non-hydrogen) atoms. The second-order valence-electron chi connectivity index (χ2n) is 10.3. The number of benzene rings is 2. The number of carbonyl (C=O) groups excluding carboxylic acids is 2. The van der Waals surface area contributed by atoms with Gasteiger partial charge in [-0.2, -0.15) is 0 Å². The zero-order chi connectivity index (χ0) is 28.4. The van der Waals surface area contributed by atoms with E-state index in [4.69, 9.17) is 19.9 Å². The number of hydrogen-bond donors (Lipinski definition) is 7. The molecule has 0 amide bonds. The molecule has 0 aromatic heterocycles. The number of aliphatic hydroxyl groups is 4. The second-order valence-corrected chi connectivity index (χ2v) is 10.3. The molecule has 1 heterocycles. The van der Waals surface area contributed by atoms with Crippen molar-refractivity contribution >= 4 is 11.6 Å². The Morgan fingerprint density at radius 1 is 1.15 bits per heavy atom. The summed E-state index contributed by atoms with van der Waals surface area (Å²) >= 11 is 0. The Morgan fingerprint density at radius 3 is 2.49 bits per heavy atom. The number of ether oxygens (including phenoxy) is 3. The first-order valence-corrected chi connectivity index (χ1v) is 12.6. The molecule has 0 spiro atoms. The van der Waals surface area contributed by atoms with Gasteiger partial charge in [-0.1, -0.05) is 12.1 Å². The van der Waals surface area contributed by atoms with Gasteiger partial charge in [0.2, 0.25) is 5.78 Å². The predicted octanol–water partition coefficient (Wildman–Crippen LogP) is -0.207. The van der Waals surface area contributed by atoms with Gasteiger partial charge in [0.25, 0.3) is 0 Å². The van der Waals surface area contributed by atoms with Gasteiger partial charge in [-0.15, -0.1) is 0 Å². The summed E-state index contributed by atoms with van der Waals surface area (Å²) in [7, 11) is 1.33. The maximum Gasteiger partial charge on any atom is 0.202 e. The van der Waals surface area contributed by atoms with Crippen LogP contribution >= 0.6 is 0 Å². The number of nitrogens with two attached hydrogens (primary N) is 1. The molecular formula is C27H31NO11. The van der Waals surface area contributed by atoms with Crippen molar-refractivity contribution in [3.63, 3.8) is 0 Å². The molecule has 1 fully saturated rings. The van der Waals surface area contributed by atoms with Gasteiger partial charge in [0.05, 0.1) is 54.3 Å². The van der Waals surface area contributed by atoms with Crippen LogP contribution < -0.4 is 10.5 Å². The van der Waals surface area contributed by atoms with Crippen molar-refractivity contribution < 1.29 is 54.4 Å². The van der Waals surface area contributed by atoms with Crippen molar-refractivity contribution in [1.82, 2.24) is 0 Å². The van der Waals surface area contributed by atoms with E-state index >= 15 is 0 Å². The zero-order valence-corrected chi connectivity index (χ0v) is 21.3. The number of fused-ring (bicyclic) bond motifs is 3. The van der Waals surface area contributed by atoms with Crippen LogP contribution in [0.4, 0.5) is 0 Å². The number of carbonyl (C=O) groups is 2. The maximum atomic E-state index is 13.7. The van der Waals surface area contributed by atoms with Crippen molar-refractivity contribution in [2.75, 3.05) is 13.7 Å². The molecule has 5 rings (SSSR count). The van der Waals surface area contributed by atoms with Crippen LogP contribution in [0.25, 0.3) is 0 Å². The lowest BCUT2D eigenvalue weighted by Gasteiger charge is -2.44. The third-order valence-electron chi connectivity index (χ3n) is 7.97. The van der Waals surface area contributed by atoms with Gasteiger partial charge >= 0.3 is 0 Å². The van der Waals surface area contributed by atoms with Gasteiger partial charge in [-0.05, 0) is 13.0 Å². The van der Waals surface area contributed by atoms with E-state index < -0.39 is 89.6 Å². The molecule has 8 N–H and O–H groups in total. The molecule has 12 heteroatoms. The topological polar surface area (TPSA) is 209 Å². The summed E-state index contributed by atoms with van der Waals surface area (Å²) in [6, 6.07) is 3.69. The highest BCUT2D eigenvalue weighted by molar-refractivity contribution is 6.31. The van der Waals surface area contributed by atoms with Crippen LogP contribution in [0.5, 0.6) is 17.2 Å². The number of aromatic hydroxyl groups is 2. The highest BCUT2D eigenvalue weighted by Crippen LogP contribution is 2.52. The second kappa shape index (κ2) is 9.82. The number of hydrogen-bond acceptors (Lipinski definition) is 12. The van der Waals surface area contributed by atoms with Crippen LogP contribution in [0.15, 0.2) is 18.2 Å². The molecule has 12 nitrogen and oxygen atoms in total. The molecule has 210 valence electrons. The third kappa shape index (κ3) is 4.19. The Bertz CT molecular complexity index is 1330. The van der Waals surface area contributed by atoms with Gasteiger partial charge in [-0.3, -0.25) is 9.59 Å². The first-order chi connectivity index (χ1) is 18.4. The van der Waals surface area contributed by atoms with Crippen molar-refractivity contribution in [2.45, 2.75) is 68.5 Å². The van der Waals surface area contributed by atoms with E-state index in [1.165, 1.54) is 25.3 Å². The molecule has 3 aliphatic rings. The Kier molecular flexibility index (Phi) is 6.92. The minimum Gasteiger partial charge on any atom is -0.507 e. The van der Waals surface area contributed by atoms with E-state index in [0.29, 0.717) is 0 Å². The van der Waals surface area contributed by atoms with Crippen LogP contribution in [0.1, 0.15) is 68.8 Å². The summed E-state index contributed by atoms with van der Waals surface area (Å²) in [6.45, 7) is 0.768. The smallest absolute Gasteiger partial charge is 0.202 e. The normalized spacial score (nSPS) is 30.8. The molecule has 2 aromatic carbocycles. The first-order valence-electron chi connectivity index (χ1n) is 12.6. The van der Waals surface area contributed by atoms with E-state index in [1.807, 2.05) is 0 Å². The molecule has 7 atom stereocenters. The molecular weight excluding hydrogens is 514 g/mol. The fraction of sp³-hybridized carbons (Fsp3) is 0.481. The van der Waals surface area contributed by atoms with Crippen molar-refractivity contribution in [3.8, 4) is 17.2 Å². The fourth-order valence-electron chi connectivity index (χ4n) is 5.84. The van der Waals surface area contributed by atoms with Gasteiger partial charge < -0.3 is 50.6 Å². The van der Waals surface area contributed by atoms with Crippen LogP contribution in [0.2, 0.25) is 0 Å². The number of ketones is 2. The Labute approximate surface area is 223 Å². The van der Waals surface area contributed by atoms with E-state index in [1.54, 1.807) is 6.92 Å². The first kappa shape index (κ1) is 27.5. The standard InChI is InChI=1S/C27H31NO11/c1-10-22(31)13(28)6-17(38-10)39-15-8-27(36,16(30)9-29)7-12-19(15)26(35)21-20(24(12)33)23(32)11-4-3-5-14(37-2)18(11)25(21)34/h3-5,10,13,15-17,22,29-31,33,35-36H,6-9,28H2,1-2H3/t10-,13+,15+,16-,17-,22-,27-/m1/s1. The lowest BCUT2D eigenvalue weighted by molar-refractivity contribution is -0.251. The fourth-order valence-corrected chi connectivity index (χ4v) is 5.84. The van der Waals surface area contributed by atoms with Crippen molar-refractivity contribution in [1.29, 1.82) is 0 Å². The number of phenolic OH excluding ortho intramolecular Hbond substituents is 2. The zero-order valence-electron chi connectivity index (χ0n) is 21.3. The van der Waals surface area contributed by atoms with Crippen LogP contribution in [0, 0.1) is 0 Å². The summed E-state index contributed by atoms with van der Waals surface area (Å²) in [4.78, 5) is 27.2. The molecule has 0 unspecified atom stereocenters. The van der Waals surface area contributed by atoms with E-state index in [-0.39, 0.29) is 40.8 Å². The average molecular weight is 546 g/mol. The molecule has 2 aromatic rings. The SMILES string of the molecule is COc1cccc2c1C(=O)c1c(O)c3c(c(O)c1C2=O)C[C@](O)([C@H](O)CO)C[C@@H]3O[C@@H]1C[C@H](N)[C@H](O)[C@@H](C)O1. The predicted molar refractivity (Wildman–Crippen MR) is 133 cm³/mol. The van der Waals surface area contributed by atoms with Crippen molar-refractivity contribution in [3.05, 3.63) is 51.6 Å². The highest BCUT2D eigenvalue weighted by atomic mass is 16.7. The quantitative estimate of drug-likeness (QED) is 0.208. The van der Waals surface area contributed by atoms with Crippen LogP contribution in [-0.4, -0.2) is 92.2 Å². The summed E-state index contributed by atoms with van der Waals surface area (Å²) in [5.41, 5.74) is 2.77. The van der Waals surface area contributed by atoms with E-state index in [0.717, 1.165) is 0 Å². The van der Waals surface area contributed by atoms with Crippen LogP contribution in [0.3, 0.4) is 0 Å². The highest BCUT2D eigenvalue weighted by Gasteiger charge is 2.50. The number of aliphatic hydroxyl groups excluding tert-OH is 3. The maximum absolute atomic E-state index is 13.7. The summed E-state index contributed by atoms with van der Waals surface area (Å²) < 4.78 is 17.1. The Balaban J connectivity index is 1.68. The summed E-state index contributed by atoms with van der Waals surface area (Å²) in [5.74, 6) is -2.68. The molecule has 0 radical (unpaired) electrons. The van der Waals surface area contributed by atoms with Gasteiger partial charge in [0.15, 0.2) is 12.1 Å². The third-order valence-corrected chi connectivity index (χ3v) is 7.97. The number of methoxy groups -OCH3 is 1. The Morgan fingerprint density at radius 2 is 1.85 bits per heavy atom. The molecule has 1 aliphatic heterocycles. The van der Waals surface area contributed by atoms with E-state index in [9.17, 15) is 40.2 Å². The Hall–Kier alpha value is -3.10. The summed E-state index contributed by atoms with van der Waals surface area (Å²) in [6.07, 6.45) is -6.45. The average Bonchev–Trinajstić information content (AvgIpc) is 2.90. The van der Waals surface area contributed by atoms with E-state index in [2.05, 4.69) is 0 Å². The summed E-state index contributed by atoms with van der Waals surface area (Å²) in [5, 5.41) is 64.4. The van der Waals surface area contributed by atoms with Gasteiger partial charge in [0.1, 0.15) is 23.4 Å². The van der Waals surface area contributed by atoms with Gasteiger partial charge in [-0.25, -0.2) is 0 Å². The minimum absolute atomic E-state index is 0.0343. The molecule has 1 saturated heterocycles. The van der Waals surface area contributed by atoms with Crippen molar-refractivity contribution in [2.24, 2.45) is 5.73 Å². The molecule has 2 aliphatic carbocycles. The number of phenols is 2. The lowest BCUT2D eigenvalue weighted by Crippen LogP contribution is -2.53.